The SMILES string of the molecule is COC(=O)C1CSC(CC(=O)Nc2ccc(N3CCCC3)cc2)C(=O)N1. The Kier molecular flexibility index (Phi) is 6.03. The molecule has 0 radical (unpaired) electrons. The molecule has 1 aromatic rings. The van der Waals surface area contributed by atoms with Crippen molar-refractivity contribution in [1.82, 2.24) is 5.32 Å². The van der Waals surface area contributed by atoms with Crippen LogP contribution >= 0.6 is 11.8 Å². The molecule has 2 unspecified atom stereocenters. The number of amides is 2. The number of nitrogens with one attached hydrogen (secondary N) is 2. The fraction of sp³-hybridized carbons (Fsp3) is 0.500. The van der Waals surface area contributed by atoms with E-state index in [-0.39, 0.29) is 18.2 Å². The number of ether oxygens (including phenoxy) is 1. The summed E-state index contributed by atoms with van der Waals surface area (Å²) in [7, 11) is 1.29. The van der Waals surface area contributed by atoms with Crippen LogP contribution in [0.5, 0.6) is 0 Å². The van der Waals surface area contributed by atoms with Gasteiger partial charge in [0.1, 0.15) is 6.04 Å². The highest BCUT2D eigenvalue weighted by molar-refractivity contribution is 8.00. The van der Waals surface area contributed by atoms with Crippen LogP contribution in [0.2, 0.25) is 0 Å². The van der Waals surface area contributed by atoms with Gasteiger partial charge in [-0.2, -0.15) is 0 Å². The van der Waals surface area contributed by atoms with Crippen LogP contribution in [0.3, 0.4) is 0 Å². The number of nitrogens with zero attached hydrogens (tertiary/aromatic N) is 1. The maximum absolute atomic E-state index is 12.2. The Bertz CT molecular complexity index is 674. The number of methoxy groups -OCH3 is 1. The van der Waals surface area contributed by atoms with Crippen LogP contribution in [0.1, 0.15) is 19.3 Å². The van der Waals surface area contributed by atoms with Gasteiger partial charge in [0.05, 0.1) is 12.4 Å². The molecule has 3 rings (SSSR count). The summed E-state index contributed by atoms with van der Waals surface area (Å²) in [4.78, 5) is 38.1. The molecule has 0 spiro atoms. The molecule has 0 bridgehead atoms. The van der Waals surface area contributed by atoms with Gasteiger partial charge in [-0.15, -0.1) is 11.8 Å². The summed E-state index contributed by atoms with van der Waals surface area (Å²) in [5, 5.41) is 4.94. The van der Waals surface area contributed by atoms with Gasteiger partial charge in [0.2, 0.25) is 11.8 Å². The number of anilines is 2. The van der Waals surface area contributed by atoms with Crippen LogP contribution in [-0.4, -0.2) is 55.0 Å². The maximum Gasteiger partial charge on any atom is 0.329 e. The lowest BCUT2D eigenvalue weighted by molar-refractivity contribution is -0.144. The number of carbonyl (C=O) groups is 3. The van der Waals surface area contributed by atoms with Crippen LogP contribution in [0.15, 0.2) is 24.3 Å². The summed E-state index contributed by atoms with van der Waals surface area (Å²) in [5.41, 5.74) is 1.88. The quantitative estimate of drug-likeness (QED) is 0.754. The Labute approximate surface area is 156 Å². The van der Waals surface area contributed by atoms with E-state index in [9.17, 15) is 14.4 Å². The molecule has 140 valence electrons. The van der Waals surface area contributed by atoms with E-state index in [1.807, 2.05) is 24.3 Å². The van der Waals surface area contributed by atoms with Gasteiger partial charge in [0.25, 0.3) is 0 Å². The number of hydrogen-bond acceptors (Lipinski definition) is 6. The van der Waals surface area contributed by atoms with Gasteiger partial charge >= 0.3 is 5.97 Å². The third kappa shape index (κ3) is 4.49. The second-order valence-electron chi connectivity index (χ2n) is 6.40. The standard InChI is InChI=1S/C18H23N3O4S/c1-25-18(24)14-11-26-15(17(23)20-14)10-16(22)19-12-4-6-13(7-5-12)21-8-2-3-9-21/h4-7,14-15H,2-3,8-11H2,1H3,(H,19,22)(H,20,23). The molecular weight excluding hydrogens is 354 g/mol. The largest absolute Gasteiger partial charge is 0.467 e. The first kappa shape index (κ1) is 18.6. The van der Waals surface area contributed by atoms with Crippen LogP contribution < -0.4 is 15.5 Å². The lowest BCUT2D eigenvalue weighted by Crippen LogP contribution is -2.51. The van der Waals surface area contributed by atoms with Crippen LogP contribution in [-0.2, 0) is 19.1 Å². The van der Waals surface area contributed by atoms with E-state index >= 15 is 0 Å². The third-order valence-corrected chi connectivity index (χ3v) is 5.86. The van der Waals surface area contributed by atoms with Crippen molar-refractivity contribution in [1.29, 1.82) is 0 Å². The lowest BCUT2D eigenvalue weighted by Gasteiger charge is -2.26. The fourth-order valence-corrected chi connectivity index (χ4v) is 4.26. The first-order valence-corrected chi connectivity index (χ1v) is 9.76. The molecule has 1 aromatic carbocycles. The molecule has 8 heteroatoms. The molecule has 2 fully saturated rings. The Hall–Kier alpha value is -2.22. The fourth-order valence-electron chi connectivity index (χ4n) is 3.13. The minimum Gasteiger partial charge on any atom is -0.467 e. The molecule has 2 N–H and O–H groups in total. The summed E-state index contributed by atoms with van der Waals surface area (Å²) < 4.78 is 4.63. The average molecular weight is 377 g/mol. The van der Waals surface area contributed by atoms with Crippen molar-refractivity contribution in [3.8, 4) is 0 Å². The molecule has 2 amide bonds. The predicted octanol–water partition coefficient (Wildman–Crippen LogP) is 1.39. The van der Waals surface area contributed by atoms with E-state index < -0.39 is 17.3 Å². The van der Waals surface area contributed by atoms with E-state index in [2.05, 4.69) is 20.3 Å². The monoisotopic (exact) mass is 377 g/mol. The van der Waals surface area contributed by atoms with Crippen LogP contribution in [0.25, 0.3) is 0 Å². The number of rotatable bonds is 5. The molecule has 2 atom stereocenters. The van der Waals surface area contributed by atoms with Crippen molar-refractivity contribution < 1.29 is 19.1 Å². The van der Waals surface area contributed by atoms with Crippen molar-refractivity contribution in [2.75, 3.05) is 36.2 Å². The predicted molar refractivity (Wildman–Crippen MR) is 101 cm³/mol. The zero-order chi connectivity index (χ0) is 18.5. The van der Waals surface area contributed by atoms with Crippen LogP contribution in [0, 0.1) is 0 Å². The van der Waals surface area contributed by atoms with Gasteiger partial charge in [-0.05, 0) is 37.1 Å². The van der Waals surface area contributed by atoms with E-state index in [4.69, 9.17) is 0 Å². The molecule has 0 saturated carbocycles. The molecular formula is C18H23N3O4S. The number of thioether (sulfide) groups is 1. The number of benzene rings is 1. The Morgan fingerprint density at radius 2 is 1.96 bits per heavy atom. The van der Waals surface area contributed by atoms with E-state index in [1.54, 1.807) is 0 Å². The van der Waals surface area contributed by atoms with Crippen molar-refractivity contribution in [3.05, 3.63) is 24.3 Å². The van der Waals surface area contributed by atoms with E-state index in [1.165, 1.54) is 31.7 Å². The van der Waals surface area contributed by atoms with Gasteiger partial charge in [-0.1, -0.05) is 0 Å². The summed E-state index contributed by atoms with van der Waals surface area (Å²) in [5.74, 6) is -0.591. The maximum atomic E-state index is 12.2. The minimum absolute atomic E-state index is 0.0677. The van der Waals surface area contributed by atoms with E-state index in [0.29, 0.717) is 11.4 Å². The summed E-state index contributed by atoms with van der Waals surface area (Å²) in [6.07, 6.45) is 2.51. The molecule has 0 aliphatic carbocycles. The molecule has 2 aliphatic heterocycles. The first-order valence-electron chi connectivity index (χ1n) is 8.71. The smallest absolute Gasteiger partial charge is 0.329 e. The van der Waals surface area contributed by atoms with Crippen LogP contribution in [0.4, 0.5) is 11.4 Å². The second-order valence-corrected chi connectivity index (χ2v) is 7.64. The summed E-state index contributed by atoms with van der Waals surface area (Å²) >= 11 is 1.30. The Morgan fingerprint density at radius 3 is 2.58 bits per heavy atom. The van der Waals surface area contributed by atoms with Crippen molar-refractivity contribution >= 4 is 40.9 Å². The van der Waals surface area contributed by atoms with Crippen molar-refractivity contribution in [3.63, 3.8) is 0 Å². The van der Waals surface area contributed by atoms with Crippen molar-refractivity contribution in [2.45, 2.75) is 30.6 Å². The molecule has 2 saturated heterocycles. The Morgan fingerprint density at radius 1 is 1.27 bits per heavy atom. The Balaban J connectivity index is 1.49. The van der Waals surface area contributed by atoms with Gasteiger partial charge < -0.3 is 20.3 Å². The van der Waals surface area contributed by atoms with E-state index in [0.717, 1.165) is 18.8 Å². The van der Waals surface area contributed by atoms with Crippen molar-refractivity contribution in [2.24, 2.45) is 0 Å². The highest BCUT2D eigenvalue weighted by Crippen LogP contribution is 2.24. The number of carbonyl (C=O) groups excluding carboxylic acids is 3. The second kappa shape index (κ2) is 8.44. The van der Waals surface area contributed by atoms with Gasteiger partial charge in [-0.25, -0.2) is 4.79 Å². The zero-order valence-electron chi connectivity index (χ0n) is 14.7. The van der Waals surface area contributed by atoms with Gasteiger partial charge in [0.15, 0.2) is 0 Å². The number of esters is 1. The minimum atomic E-state index is -0.644. The normalized spacial score (nSPS) is 22.7. The average Bonchev–Trinajstić information content (AvgIpc) is 3.18. The lowest BCUT2D eigenvalue weighted by atomic mass is 10.2. The summed E-state index contributed by atoms with van der Waals surface area (Å²) in [6.45, 7) is 2.15. The summed E-state index contributed by atoms with van der Waals surface area (Å²) in [6, 6.07) is 7.13. The molecule has 2 aliphatic rings. The molecule has 26 heavy (non-hydrogen) atoms. The molecule has 2 heterocycles. The van der Waals surface area contributed by atoms with Gasteiger partial charge in [0, 0.05) is 36.6 Å². The highest BCUT2D eigenvalue weighted by Gasteiger charge is 2.34. The molecule has 0 aromatic heterocycles. The zero-order valence-corrected chi connectivity index (χ0v) is 15.5. The topological polar surface area (TPSA) is 87.7 Å². The third-order valence-electron chi connectivity index (χ3n) is 4.55. The first-order chi connectivity index (χ1) is 12.6. The molecule has 7 nitrogen and oxygen atoms in total. The highest BCUT2D eigenvalue weighted by atomic mass is 32.2. The van der Waals surface area contributed by atoms with Gasteiger partial charge in [-0.3, -0.25) is 9.59 Å². The number of hydrogen-bond donors (Lipinski definition) is 2.